The molecule has 5 nitrogen and oxygen atoms in total. The third-order valence-corrected chi connectivity index (χ3v) is 4.97. The first kappa shape index (κ1) is 18.5. The second kappa shape index (κ2) is 8.34. The van der Waals surface area contributed by atoms with E-state index >= 15 is 0 Å². The van der Waals surface area contributed by atoms with Crippen LogP contribution in [0.3, 0.4) is 0 Å². The van der Waals surface area contributed by atoms with Crippen LogP contribution in [0.25, 0.3) is 0 Å². The van der Waals surface area contributed by atoms with Crippen molar-refractivity contribution in [2.45, 2.75) is 52.1 Å². The zero-order chi connectivity index (χ0) is 16.9. The van der Waals surface area contributed by atoms with Crippen molar-refractivity contribution in [2.24, 2.45) is 11.8 Å². The molecule has 2 aliphatic heterocycles. The van der Waals surface area contributed by atoms with Gasteiger partial charge in [-0.1, -0.05) is 0 Å². The van der Waals surface area contributed by atoms with Crippen molar-refractivity contribution in [3.05, 3.63) is 0 Å². The Balaban J connectivity index is 1.59. The fourth-order valence-electron chi connectivity index (χ4n) is 3.40. The van der Waals surface area contributed by atoms with Gasteiger partial charge in [0, 0.05) is 13.1 Å². The van der Waals surface area contributed by atoms with Gasteiger partial charge in [-0.25, -0.2) is 4.79 Å². The third kappa shape index (κ3) is 6.68. The predicted octanol–water partition coefficient (Wildman–Crippen LogP) is 2.56. The van der Waals surface area contributed by atoms with Gasteiger partial charge in [0.15, 0.2) is 0 Å². The Labute approximate surface area is 141 Å². The van der Waals surface area contributed by atoms with E-state index in [1.165, 1.54) is 25.9 Å². The highest BCUT2D eigenvalue weighted by atomic mass is 16.6. The van der Waals surface area contributed by atoms with Crippen LogP contribution in [0.2, 0.25) is 0 Å². The van der Waals surface area contributed by atoms with Crippen molar-refractivity contribution in [3.8, 4) is 0 Å². The summed E-state index contributed by atoms with van der Waals surface area (Å²) in [4.78, 5) is 16.3. The van der Waals surface area contributed by atoms with E-state index < -0.39 is 5.60 Å². The van der Waals surface area contributed by atoms with Crippen molar-refractivity contribution < 1.29 is 9.53 Å². The van der Waals surface area contributed by atoms with Gasteiger partial charge in [0.25, 0.3) is 0 Å². The summed E-state index contributed by atoms with van der Waals surface area (Å²) in [6.45, 7) is 12.1. The Kier molecular flexibility index (Phi) is 6.72. The van der Waals surface area contributed by atoms with E-state index in [-0.39, 0.29) is 6.09 Å². The number of carbonyl (C=O) groups excluding carboxylic acids is 1. The number of rotatable bonds is 4. The number of nitrogens with zero attached hydrogens (tertiary/aromatic N) is 2. The lowest BCUT2D eigenvalue weighted by molar-refractivity contribution is 0.0184. The van der Waals surface area contributed by atoms with Crippen LogP contribution in [0.15, 0.2) is 0 Å². The average Bonchev–Trinajstić information content (AvgIpc) is 2.48. The SMILES string of the molecule is CN1CCC(CNCC2CCN(C(=O)OC(C)(C)C)CC2)CC1. The highest BCUT2D eigenvalue weighted by molar-refractivity contribution is 5.68. The van der Waals surface area contributed by atoms with Crippen molar-refractivity contribution in [1.82, 2.24) is 15.1 Å². The molecule has 0 bridgehead atoms. The lowest BCUT2D eigenvalue weighted by atomic mass is 9.95. The monoisotopic (exact) mass is 325 g/mol. The predicted molar refractivity (Wildman–Crippen MR) is 93.6 cm³/mol. The highest BCUT2D eigenvalue weighted by Gasteiger charge is 2.26. The van der Waals surface area contributed by atoms with Crippen LogP contribution < -0.4 is 5.32 Å². The molecule has 0 aromatic heterocycles. The van der Waals surface area contributed by atoms with E-state index in [4.69, 9.17) is 4.74 Å². The minimum absolute atomic E-state index is 0.157. The molecule has 23 heavy (non-hydrogen) atoms. The molecule has 1 amide bonds. The number of nitrogens with one attached hydrogen (secondary N) is 1. The van der Waals surface area contributed by atoms with Gasteiger partial charge >= 0.3 is 6.09 Å². The standard InChI is InChI=1S/C18H35N3O2/c1-18(2,3)23-17(22)21-11-7-16(8-12-21)14-19-13-15-5-9-20(4)10-6-15/h15-16,19H,5-14H2,1-4H3. The van der Waals surface area contributed by atoms with Crippen LogP contribution in [0.1, 0.15) is 46.5 Å². The smallest absolute Gasteiger partial charge is 0.410 e. The van der Waals surface area contributed by atoms with Crippen LogP contribution >= 0.6 is 0 Å². The number of ether oxygens (including phenoxy) is 1. The molecule has 0 aromatic carbocycles. The molecule has 0 saturated carbocycles. The first-order valence-corrected chi connectivity index (χ1v) is 9.20. The molecule has 2 aliphatic rings. The van der Waals surface area contributed by atoms with Crippen LogP contribution in [-0.4, -0.2) is 67.8 Å². The normalized spacial score (nSPS) is 22.3. The molecule has 2 saturated heterocycles. The van der Waals surface area contributed by atoms with Crippen LogP contribution in [0.4, 0.5) is 4.79 Å². The highest BCUT2D eigenvalue weighted by Crippen LogP contribution is 2.20. The maximum Gasteiger partial charge on any atom is 0.410 e. The minimum atomic E-state index is -0.399. The third-order valence-electron chi connectivity index (χ3n) is 4.97. The molecular formula is C18H35N3O2. The van der Waals surface area contributed by atoms with Gasteiger partial charge in [0.2, 0.25) is 0 Å². The lowest BCUT2D eigenvalue weighted by Crippen LogP contribution is -2.43. The molecule has 0 spiro atoms. The Bertz CT molecular complexity index is 365. The van der Waals surface area contributed by atoms with Crippen LogP contribution in [0.5, 0.6) is 0 Å². The molecule has 2 heterocycles. The number of likely N-dealkylation sites (tertiary alicyclic amines) is 2. The van der Waals surface area contributed by atoms with Gasteiger partial charge in [-0.3, -0.25) is 0 Å². The molecule has 2 fully saturated rings. The molecule has 0 unspecified atom stereocenters. The van der Waals surface area contributed by atoms with E-state index in [2.05, 4.69) is 17.3 Å². The number of amides is 1. The zero-order valence-electron chi connectivity index (χ0n) is 15.4. The molecule has 5 heteroatoms. The summed E-state index contributed by atoms with van der Waals surface area (Å²) in [5.74, 6) is 1.54. The van der Waals surface area contributed by atoms with E-state index in [0.29, 0.717) is 5.92 Å². The Morgan fingerprint density at radius 2 is 1.48 bits per heavy atom. The number of piperidine rings is 2. The summed E-state index contributed by atoms with van der Waals surface area (Å²) in [6.07, 6.45) is 4.65. The van der Waals surface area contributed by atoms with Crippen molar-refractivity contribution in [2.75, 3.05) is 46.3 Å². The maximum absolute atomic E-state index is 12.1. The van der Waals surface area contributed by atoms with Gasteiger partial charge in [-0.05, 0) is 91.5 Å². The van der Waals surface area contributed by atoms with Gasteiger partial charge in [-0.2, -0.15) is 0 Å². The second-order valence-electron chi connectivity index (χ2n) is 8.32. The van der Waals surface area contributed by atoms with Crippen LogP contribution in [-0.2, 0) is 4.74 Å². The van der Waals surface area contributed by atoms with Gasteiger partial charge in [-0.15, -0.1) is 0 Å². The Morgan fingerprint density at radius 3 is 1.96 bits per heavy atom. The summed E-state index contributed by atoms with van der Waals surface area (Å²) < 4.78 is 5.45. The summed E-state index contributed by atoms with van der Waals surface area (Å²) >= 11 is 0. The quantitative estimate of drug-likeness (QED) is 0.863. The largest absolute Gasteiger partial charge is 0.444 e. The summed E-state index contributed by atoms with van der Waals surface area (Å²) in [5.41, 5.74) is -0.399. The fourth-order valence-corrected chi connectivity index (χ4v) is 3.40. The summed E-state index contributed by atoms with van der Waals surface area (Å²) in [7, 11) is 2.21. The molecule has 1 N–H and O–H groups in total. The molecule has 134 valence electrons. The molecule has 0 aliphatic carbocycles. The van der Waals surface area contributed by atoms with Gasteiger partial charge in [0.05, 0.1) is 0 Å². The number of hydrogen-bond acceptors (Lipinski definition) is 4. The second-order valence-corrected chi connectivity index (χ2v) is 8.32. The Hall–Kier alpha value is -0.810. The van der Waals surface area contributed by atoms with Crippen molar-refractivity contribution in [1.29, 1.82) is 0 Å². The topological polar surface area (TPSA) is 44.8 Å². The van der Waals surface area contributed by atoms with E-state index in [0.717, 1.165) is 44.9 Å². The van der Waals surface area contributed by atoms with E-state index in [9.17, 15) is 4.79 Å². The fraction of sp³-hybridized carbons (Fsp3) is 0.944. The van der Waals surface area contributed by atoms with Gasteiger partial charge in [0.1, 0.15) is 5.60 Å². The van der Waals surface area contributed by atoms with Crippen LogP contribution in [0, 0.1) is 11.8 Å². The maximum atomic E-state index is 12.1. The molecule has 0 radical (unpaired) electrons. The zero-order valence-corrected chi connectivity index (χ0v) is 15.4. The van der Waals surface area contributed by atoms with Crippen molar-refractivity contribution >= 4 is 6.09 Å². The van der Waals surface area contributed by atoms with E-state index in [1.807, 2.05) is 25.7 Å². The molecule has 2 rings (SSSR count). The van der Waals surface area contributed by atoms with E-state index in [1.54, 1.807) is 0 Å². The lowest BCUT2D eigenvalue weighted by Gasteiger charge is -2.34. The van der Waals surface area contributed by atoms with Gasteiger partial charge < -0.3 is 19.9 Å². The first-order valence-electron chi connectivity index (χ1n) is 9.20. The van der Waals surface area contributed by atoms with Crippen molar-refractivity contribution in [3.63, 3.8) is 0 Å². The molecule has 0 atom stereocenters. The summed E-state index contributed by atoms with van der Waals surface area (Å²) in [6, 6.07) is 0. The molecular weight excluding hydrogens is 290 g/mol. The Morgan fingerprint density at radius 1 is 1.00 bits per heavy atom. The molecule has 0 aromatic rings. The number of carbonyl (C=O) groups is 1. The number of hydrogen-bond donors (Lipinski definition) is 1. The summed E-state index contributed by atoms with van der Waals surface area (Å²) in [5, 5.41) is 3.67. The minimum Gasteiger partial charge on any atom is -0.444 e. The average molecular weight is 325 g/mol. The first-order chi connectivity index (χ1) is 10.8.